The molecular weight excluding hydrogens is 620 g/mol. The molecule has 4 atom stereocenters. The summed E-state index contributed by atoms with van der Waals surface area (Å²) in [7, 11) is 1.28. The summed E-state index contributed by atoms with van der Waals surface area (Å²) in [5.41, 5.74) is 4.15. The second-order valence-electron chi connectivity index (χ2n) is 11.0. The topological polar surface area (TPSA) is 143 Å². The average molecular weight is 657 g/mol. The van der Waals surface area contributed by atoms with Crippen LogP contribution in [-0.2, 0) is 32.0 Å². The molecule has 1 fully saturated rings. The van der Waals surface area contributed by atoms with Crippen LogP contribution in [0.3, 0.4) is 0 Å². The van der Waals surface area contributed by atoms with Gasteiger partial charge in [-0.05, 0) is 53.1 Å². The van der Waals surface area contributed by atoms with Crippen molar-refractivity contribution < 1.29 is 38.8 Å². The zero-order chi connectivity index (χ0) is 33.2. The number of hydrogen-bond acceptors (Lipinski definition) is 8. The van der Waals surface area contributed by atoms with Crippen molar-refractivity contribution in [2.45, 2.75) is 48.9 Å². The van der Waals surface area contributed by atoms with Crippen molar-refractivity contribution in [3.05, 3.63) is 131 Å². The minimum absolute atomic E-state index is 0.0494. The van der Waals surface area contributed by atoms with Gasteiger partial charge in [-0.3, -0.25) is 0 Å². The molecule has 1 aliphatic rings. The molecule has 47 heavy (non-hydrogen) atoms. The van der Waals surface area contributed by atoms with Gasteiger partial charge in [0.2, 0.25) is 0 Å². The van der Waals surface area contributed by atoms with E-state index >= 15 is 0 Å². The van der Waals surface area contributed by atoms with Crippen molar-refractivity contribution in [1.29, 1.82) is 0 Å². The third-order valence-corrected chi connectivity index (χ3v) is 8.81. The fraction of sp³-hybridized carbons (Fsp3) is 0.250. The molecule has 11 heteroatoms. The lowest BCUT2D eigenvalue weighted by atomic mass is 10.0. The Hall–Kier alpha value is -4.68. The number of nitrogens with one attached hydrogen (secondary N) is 2. The number of aliphatic hydroxyl groups excluding tert-OH is 1. The van der Waals surface area contributed by atoms with Crippen molar-refractivity contribution in [3.63, 3.8) is 0 Å². The van der Waals surface area contributed by atoms with Gasteiger partial charge < -0.3 is 35.1 Å². The van der Waals surface area contributed by atoms with Gasteiger partial charge in [0.1, 0.15) is 6.04 Å². The summed E-state index contributed by atoms with van der Waals surface area (Å²) in [6, 6.07) is 29.4. The van der Waals surface area contributed by atoms with Crippen LogP contribution in [0.5, 0.6) is 0 Å². The molecule has 4 aromatic rings. The SMILES string of the molecule is COC(=O)[C@H](Cc1ccccc1)NC(=O)Nc1ccc([C@@H]2O[C@H](CSc3ccc(C(=O)O)cc3)C[C@H](c3ccc(CO)cc3)O2)cc1. The molecule has 1 saturated heterocycles. The lowest BCUT2D eigenvalue weighted by molar-refractivity contribution is -0.245. The highest BCUT2D eigenvalue weighted by Gasteiger charge is 2.32. The van der Waals surface area contributed by atoms with Gasteiger partial charge in [-0.15, -0.1) is 11.8 Å². The first-order valence-corrected chi connectivity index (χ1v) is 16.1. The highest BCUT2D eigenvalue weighted by atomic mass is 32.2. The number of carboxylic acid groups (broad SMARTS) is 1. The maximum atomic E-state index is 12.8. The minimum atomic E-state index is -0.970. The van der Waals surface area contributed by atoms with E-state index < -0.39 is 30.3 Å². The molecule has 1 aliphatic heterocycles. The number of esters is 1. The molecule has 4 N–H and O–H groups in total. The maximum Gasteiger partial charge on any atom is 0.335 e. The summed E-state index contributed by atoms with van der Waals surface area (Å²) in [5, 5.41) is 24.1. The van der Waals surface area contributed by atoms with E-state index in [0.29, 0.717) is 17.9 Å². The van der Waals surface area contributed by atoms with Crippen LogP contribution in [0.2, 0.25) is 0 Å². The number of carbonyl (C=O) groups excluding carboxylic acids is 2. The summed E-state index contributed by atoms with van der Waals surface area (Å²) >= 11 is 1.57. The monoisotopic (exact) mass is 656 g/mol. The predicted octanol–water partition coefficient (Wildman–Crippen LogP) is 6.12. The largest absolute Gasteiger partial charge is 0.478 e. The molecule has 0 saturated carbocycles. The van der Waals surface area contributed by atoms with Crippen LogP contribution >= 0.6 is 11.8 Å². The Morgan fingerprint density at radius 3 is 2.19 bits per heavy atom. The summed E-state index contributed by atoms with van der Waals surface area (Å²) in [6.45, 7) is -0.0494. The molecule has 0 unspecified atom stereocenters. The zero-order valence-electron chi connectivity index (χ0n) is 25.7. The van der Waals surface area contributed by atoms with Crippen LogP contribution in [0.25, 0.3) is 0 Å². The quantitative estimate of drug-likeness (QED) is 0.105. The second-order valence-corrected chi connectivity index (χ2v) is 12.1. The van der Waals surface area contributed by atoms with Gasteiger partial charge in [0, 0.05) is 34.7 Å². The molecule has 0 aromatic heterocycles. The maximum absolute atomic E-state index is 12.8. The number of ether oxygens (including phenoxy) is 3. The Morgan fingerprint density at radius 1 is 0.872 bits per heavy atom. The molecule has 2 amide bonds. The van der Waals surface area contributed by atoms with Crippen molar-refractivity contribution in [2.75, 3.05) is 18.2 Å². The predicted molar refractivity (Wildman–Crippen MR) is 177 cm³/mol. The van der Waals surface area contributed by atoms with Crippen molar-refractivity contribution in [2.24, 2.45) is 0 Å². The standard InChI is InChI=1S/C36H36N2O8S/c1-44-34(42)31(19-23-5-3-2-4-6-23)38-36(43)37-28-15-11-27(12-16-28)35-45-29(22-47-30-17-13-26(14-18-30)33(40)41)20-32(46-35)25-9-7-24(21-39)8-10-25/h2-18,29,31-32,35,39H,19-22H2,1H3,(H,40,41)(H2,37,38,43)/t29-,31-,32+,35+/m0/s1. The van der Waals surface area contributed by atoms with Gasteiger partial charge >= 0.3 is 18.0 Å². The molecule has 10 nitrogen and oxygen atoms in total. The summed E-state index contributed by atoms with van der Waals surface area (Å²) in [6.07, 6.45) is -0.274. The Labute approximate surface area is 277 Å². The number of carboxylic acids is 1. The van der Waals surface area contributed by atoms with E-state index in [0.717, 1.165) is 27.1 Å². The highest BCUT2D eigenvalue weighted by molar-refractivity contribution is 7.99. The molecule has 0 aliphatic carbocycles. The van der Waals surface area contributed by atoms with Gasteiger partial charge in [0.15, 0.2) is 6.29 Å². The van der Waals surface area contributed by atoms with Gasteiger partial charge in [-0.25, -0.2) is 14.4 Å². The number of methoxy groups -OCH3 is 1. The molecule has 0 radical (unpaired) electrons. The van der Waals surface area contributed by atoms with E-state index in [1.54, 1.807) is 48.2 Å². The number of aliphatic hydroxyl groups is 1. The van der Waals surface area contributed by atoms with E-state index in [4.69, 9.17) is 14.2 Å². The van der Waals surface area contributed by atoms with Crippen molar-refractivity contribution in [1.82, 2.24) is 5.32 Å². The number of anilines is 1. The summed E-state index contributed by atoms with van der Waals surface area (Å²) in [4.78, 5) is 37.3. The Bertz CT molecular complexity index is 1630. The first-order chi connectivity index (χ1) is 22.8. The third kappa shape index (κ3) is 9.43. The Balaban J connectivity index is 1.25. The number of benzene rings is 4. The number of aromatic carboxylic acids is 1. The lowest BCUT2D eigenvalue weighted by Crippen LogP contribution is -2.45. The highest BCUT2D eigenvalue weighted by Crippen LogP contribution is 2.39. The second kappa shape index (κ2) is 16.2. The van der Waals surface area contributed by atoms with E-state index in [1.165, 1.54) is 7.11 Å². The number of carbonyl (C=O) groups is 3. The Morgan fingerprint density at radius 2 is 1.55 bits per heavy atom. The number of thioether (sulfide) groups is 1. The molecule has 1 heterocycles. The fourth-order valence-corrected chi connectivity index (χ4v) is 6.06. The van der Waals surface area contributed by atoms with Crippen LogP contribution in [0.15, 0.2) is 108 Å². The normalized spacial score (nSPS) is 18.1. The molecule has 244 valence electrons. The first kappa shape index (κ1) is 33.7. The molecule has 5 rings (SSSR count). The van der Waals surface area contributed by atoms with E-state index in [2.05, 4.69) is 10.6 Å². The zero-order valence-corrected chi connectivity index (χ0v) is 26.5. The van der Waals surface area contributed by atoms with Gasteiger partial charge in [0.25, 0.3) is 0 Å². The molecule has 4 aromatic carbocycles. The molecule has 0 spiro atoms. The Kier molecular flexibility index (Phi) is 11.6. The van der Waals surface area contributed by atoms with Gasteiger partial charge in [-0.1, -0.05) is 66.7 Å². The fourth-order valence-electron chi connectivity index (χ4n) is 5.14. The van der Waals surface area contributed by atoms with Crippen molar-refractivity contribution >= 4 is 35.4 Å². The summed E-state index contributed by atoms with van der Waals surface area (Å²) < 4.78 is 17.7. The van der Waals surface area contributed by atoms with Crippen LogP contribution < -0.4 is 10.6 Å². The van der Waals surface area contributed by atoms with Gasteiger partial charge in [0.05, 0.1) is 31.5 Å². The number of amides is 2. The van der Waals surface area contributed by atoms with Gasteiger partial charge in [-0.2, -0.15) is 0 Å². The van der Waals surface area contributed by atoms with E-state index in [9.17, 15) is 24.6 Å². The number of urea groups is 1. The average Bonchev–Trinajstić information content (AvgIpc) is 3.11. The van der Waals surface area contributed by atoms with E-state index in [-0.39, 0.29) is 30.8 Å². The number of hydrogen-bond donors (Lipinski definition) is 4. The first-order valence-electron chi connectivity index (χ1n) is 15.1. The van der Waals surface area contributed by atoms with E-state index in [1.807, 2.05) is 66.7 Å². The lowest BCUT2D eigenvalue weighted by Gasteiger charge is -2.36. The van der Waals surface area contributed by atoms with Crippen LogP contribution in [0.1, 0.15) is 51.4 Å². The molecular formula is C36H36N2O8S. The minimum Gasteiger partial charge on any atom is -0.478 e. The smallest absolute Gasteiger partial charge is 0.335 e. The third-order valence-electron chi connectivity index (χ3n) is 7.67. The van der Waals surface area contributed by atoms with Crippen molar-refractivity contribution in [3.8, 4) is 0 Å². The molecule has 0 bridgehead atoms. The number of rotatable bonds is 12. The van der Waals surface area contributed by atoms with Crippen LogP contribution in [-0.4, -0.2) is 53.2 Å². The van der Waals surface area contributed by atoms with Crippen LogP contribution in [0, 0.1) is 0 Å². The summed E-state index contributed by atoms with van der Waals surface area (Å²) in [5.74, 6) is -0.902. The van der Waals surface area contributed by atoms with Crippen LogP contribution in [0.4, 0.5) is 10.5 Å².